The predicted molar refractivity (Wildman–Crippen MR) is 45.7 cm³/mol. The average Bonchev–Trinajstić information content (AvgIpc) is 2.46. The van der Waals surface area contributed by atoms with Crippen molar-refractivity contribution in [2.75, 3.05) is 6.61 Å². The Morgan fingerprint density at radius 1 is 1.33 bits per heavy atom. The molecular weight excluding hydrogens is 152 g/mol. The van der Waals surface area contributed by atoms with Gasteiger partial charge in [-0.25, -0.2) is 0 Å². The largest absolute Gasteiger partial charge is 0.393 e. The van der Waals surface area contributed by atoms with Gasteiger partial charge in [0, 0.05) is 0 Å². The van der Waals surface area contributed by atoms with Crippen LogP contribution in [0.5, 0.6) is 0 Å². The van der Waals surface area contributed by atoms with Gasteiger partial charge in [-0.1, -0.05) is 24.3 Å². The molecule has 0 bridgehead atoms. The first-order valence-corrected chi connectivity index (χ1v) is 4.18. The van der Waals surface area contributed by atoms with Gasteiger partial charge in [0.15, 0.2) is 0 Å². The van der Waals surface area contributed by atoms with Gasteiger partial charge in [0.05, 0.1) is 6.61 Å². The first-order chi connectivity index (χ1) is 5.76. The number of benzene rings is 1. The highest BCUT2D eigenvalue weighted by Gasteiger charge is 2.35. The Balaban J connectivity index is 2.49. The molecule has 0 spiro atoms. The molecule has 12 heavy (non-hydrogen) atoms. The van der Waals surface area contributed by atoms with Crippen LogP contribution in [0.25, 0.3) is 0 Å². The van der Waals surface area contributed by atoms with Gasteiger partial charge in [-0.15, -0.1) is 0 Å². The van der Waals surface area contributed by atoms with Crippen molar-refractivity contribution in [1.29, 1.82) is 0 Å². The fraction of sp³-hybridized carbons (Fsp3) is 0.400. The molecule has 1 aromatic rings. The molecule has 0 saturated heterocycles. The van der Waals surface area contributed by atoms with Crippen molar-refractivity contribution in [2.45, 2.75) is 18.4 Å². The lowest BCUT2D eigenvalue weighted by molar-refractivity contribution is -0.0171. The van der Waals surface area contributed by atoms with E-state index in [9.17, 15) is 5.11 Å². The van der Waals surface area contributed by atoms with Crippen LogP contribution in [0.2, 0.25) is 0 Å². The van der Waals surface area contributed by atoms with Crippen LogP contribution in [0.3, 0.4) is 0 Å². The molecule has 0 radical (unpaired) electrons. The molecule has 1 atom stereocenters. The van der Waals surface area contributed by atoms with E-state index in [1.165, 1.54) is 0 Å². The molecule has 0 fully saturated rings. The number of hydrogen-bond acceptors (Lipinski definition) is 2. The van der Waals surface area contributed by atoms with Crippen molar-refractivity contribution in [2.24, 2.45) is 0 Å². The molecule has 0 heterocycles. The number of aryl methyl sites for hydroxylation is 1. The highest BCUT2D eigenvalue weighted by atomic mass is 16.3. The quantitative estimate of drug-likeness (QED) is 0.645. The molecule has 0 aromatic heterocycles. The van der Waals surface area contributed by atoms with Gasteiger partial charge < -0.3 is 10.2 Å². The Hall–Kier alpha value is -0.860. The molecule has 0 aliphatic heterocycles. The molecule has 1 aliphatic rings. The third-order valence-corrected chi connectivity index (χ3v) is 2.59. The number of aliphatic hydroxyl groups is 2. The molecule has 0 amide bonds. The molecule has 64 valence electrons. The summed E-state index contributed by atoms with van der Waals surface area (Å²) in [4.78, 5) is 0. The Labute approximate surface area is 71.5 Å². The third kappa shape index (κ3) is 0.958. The maximum absolute atomic E-state index is 9.90. The third-order valence-electron chi connectivity index (χ3n) is 2.59. The second-order valence-electron chi connectivity index (χ2n) is 3.35. The van der Waals surface area contributed by atoms with E-state index >= 15 is 0 Å². The Kier molecular flexibility index (Phi) is 1.67. The normalized spacial score (nSPS) is 27.2. The van der Waals surface area contributed by atoms with E-state index in [1.54, 1.807) is 0 Å². The smallest absolute Gasteiger partial charge is 0.113 e. The highest BCUT2D eigenvalue weighted by Crippen LogP contribution is 2.35. The van der Waals surface area contributed by atoms with Gasteiger partial charge in [-0.3, -0.25) is 0 Å². The molecule has 2 heteroatoms. The maximum Gasteiger partial charge on any atom is 0.113 e. The summed E-state index contributed by atoms with van der Waals surface area (Å²) in [6.07, 6.45) is 1.51. The van der Waals surface area contributed by atoms with Crippen LogP contribution in [0.15, 0.2) is 24.3 Å². The van der Waals surface area contributed by atoms with Crippen LogP contribution in [-0.4, -0.2) is 16.8 Å². The summed E-state index contributed by atoms with van der Waals surface area (Å²) < 4.78 is 0. The number of hydrogen-bond donors (Lipinski definition) is 2. The topological polar surface area (TPSA) is 40.5 Å². The minimum atomic E-state index is -0.976. The minimum absolute atomic E-state index is 0.177. The average molecular weight is 164 g/mol. The van der Waals surface area contributed by atoms with Crippen LogP contribution < -0.4 is 0 Å². The predicted octanol–water partition coefficient (Wildman–Crippen LogP) is 0.813. The highest BCUT2D eigenvalue weighted by molar-refractivity contribution is 5.36. The van der Waals surface area contributed by atoms with E-state index in [-0.39, 0.29) is 6.61 Å². The monoisotopic (exact) mass is 164 g/mol. The van der Waals surface area contributed by atoms with Crippen LogP contribution in [0, 0.1) is 0 Å². The lowest BCUT2D eigenvalue weighted by Gasteiger charge is -2.20. The lowest BCUT2D eigenvalue weighted by atomic mass is 9.97. The summed E-state index contributed by atoms with van der Waals surface area (Å²) in [5, 5.41) is 18.9. The molecular formula is C10H12O2. The van der Waals surface area contributed by atoms with Gasteiger partial charge >= 0.3 is 0 Å². The van der Waals surface area contributed by atoms with E-state index in [4.69, 9.17) is 5.11 Å². The van der Waals surface area contributed by atoms with Gasteiger partial charge in [0.1, 0.15) is 5.60 Å². The molecule has 2 nitrogen and oxygen atoms in total. The van der Waals surface area contributed by atoms with Crippen molar-refractivity contribution < 1.29 is 10.2 Å². The summed E-state index contributed by atoms with van der Waals surface area (Å²) in [6, 6.07) is 7.74. The van der Waals surface area contributed by atoms with Crippen molar-refractivity contribution in [1.82, 2.24) is 0 Å². The van der Waals surface area contributed by atoms with Crippen LogP contribution in [0.1, 0.15) is 17.5 Å². The Morgan fingerprint density at radius 3 is 2.83 bits per heavy atom. The van der Waals surface area contributed by atoms with Crippen molar-refractivity contribution in [3.8, 4) is 0 Å². The summed E-state index contributed by atoms with van der Waals surface area (Å²) in [5.41, 5.74) is 1.08. The van der Waals surface area contributed by atoms with Gasteiger partial charge in [0.25, 0.3) is 0 Å². The van der Waals surface area contributed by atoms with Crippen LogP contribution in [-0.2, 0) is 12.0 Å². The standard InChI is InChI=1S/C10H12O2/c11-7-10(12)6-5-8-3-1-2-4-9(8)10/h1-4,11-12H,5-7H2. The van der Waals surface area contributed by atoms with Crippen molar-refractivity contribution in [3.63, 3.8) is 0 Å². The van der Waals surface area contributed by atoms with E-state index < -0.39 is 5.60 Å². The second-order valence-corrected chi connectivity index (χ2v) is 3.35. The summed E-state index contributed by atoms with van der Waals surface area (Å²) in [5.74, 6) is 0. The van der Waals surface area contributed by atoms with E-state index in [0.717, 1.165) is 17.5 Å². The van der Waals surface area contributed by atoms with E-state index in [2.05, 4.69) is 0 Å². The van der Waals surface area contributed by atoms with Crippen LogP contribution in [0.4, 0.5) is 0 Å². The zero-order chi connectivity index (χ0) is 8.60. The van der Waals surface area contributed by atoms with E-state index in [0.29, 0.717) is 6.42 Å². The number of aliphatic hydroxyl groups excluding tert-OH is 1. The fourth-order valence-corrected chi connectivity index (χ4v) is 1.83. The molecule has 1 aromatic carbocycles. The molecule has 0 saturated carbocycles. The van der Waals surface area contributed by atoms with Gasteiger partial charge in [-0.05, 0) is 24.0 Å². The number of fused-ring (bicyclic) bond motifs is 1. The maximum atomic E-state index is 9.90. The van der Waals surface area contributed by atoms with Gasteiger partial charge in [-0.2, -0.15) is 0 Å². The van der Waals surface area contributed by atoms with E-state index in [1.807, 2.05) is 24.3 Å². The summed E-state index contributed by atoms with van der Waals surface area (Å²) in [7, 11) is 0. The Morgan fingerprint density at radius 2 is 2.08 bits per heavy atom. The summed E-state index contributed by atoms with van der Waals surface area (Å²) in [6.45, 7) is -0.177. The fourth-order valence-electron chi connectivity index (χ4n) is 1.83. The first-order valence-electron chi connectivity index (χ1n) is 4.18. The lowest BCUT2D eigenvalue weighted by Crippen LogP contribution is -2.26. The minimum Gasteiger partial charge on any atom is -0.393 e. The zero-order valence-corrected chi connectivity index (χ0v) is 6.83. The summed E-state index contributed by atoms with van der Waals surface area (Å²) >= 11 is 0. The molecule has 2 N–H and O–H groups in total. The Bertz CT molecular complexity index is 296. The zero-order valence-electron chi connectivity index (χ0n) is 6.83. The molecule has 2 rings (SSSR count). The van der Waals surface area contributed by atoms with Crippen LogP contribution >= 0.6 is 0 Å². The van der Waals surface area contributed by atoms with Crippen molar-refractivity contribution in [3.05, 3.63) is 35.4 Å². The second kappa shape index (κ2) is 2.57. The molecule has 1 aliphatic carbocycles. The molecule has 1 unspecified atom stereocenters. The number of rotatable bonds is 1. The van der Waals surface area contributed by atoms with Gasteiger partial charge in [0.2, 0.25) is 0 Å². The SMILES string of the molecule is OCC1(O)CCc2ccccc21. The first kappa shape index (κ1) is 7.77. The van der Waals surface area contributed by atoms with Crippen molar-refractivity contribution >= 4 is 0 Å².